The maximum absolute atomic E-state index is 12.7. The summed E-state index contributed by atoms with van der Waals surface area (Å²) in [5.41, 5.74) is 10.8. The van der Waals surface area contributed by atoms with Crippen molar-refractivity contribution in [3.05, 3.63) is 92.9 Å². The number of nitrogens with one attached hydrogen (secondary N) is 3. The van der Waals surface area contributed by atoms with Crippen molar-refractivity contribution in [1.29, 1.82) is 0 Å². The Morgan fingerprint density at radius 2 is 1.76 bits per heavy atom. The van der Waals surface area contributed by atoms with Gasteiger partial charge in [0.25, 0.3) is 11.6 Å². The molecule has 3 aromatic rings. The smallest absolute Gasteiger partial charge is 0.305 e. The van der Waals surface area contributed by atoms with Gasteiger partial charge in [0.1, 0.15) is 5.76 Å². The number of benzene rings is 2. The highest BCUT2D eigenvalue weighted by atomic mass is 16.6. The minimum absolute atomic E-state index is 0.101. The molecule has 4 rings (SSSR count). The number of amides is 2. The first kappa shape index (κ1) is 21.8. The highest BCUT2D eigenvalue weighted by Crippen LogP contribution is 2.30. The van der Waals surface area contributed by atoms with Crippen LogP contribution in [0.5, 0.6) is 0 Å². The van der Waals surface area contributed by atoms with Gasteiger partial charge < -0.3 is 4.42 Å². The van der Waals surface area contributed by atoms with Crippen LogP contribution in [0.3, 0.4) is 0 Å². The molecule has 0 spiro atoms. The summed E-state index contributed by atoms with van der Waals surface area (Å²) in [5, 5.41) is 15.0. The molecule has 0 bridgehead atoms. The molecule has 0 saturated heterocycles. The molecule has 3 N–H and O–H groups in total. The minimum atomic E-state index is -0.531. The number of carbonyl (C=O) groups excluding carboxylic acids is 2. The molecule has 0 aliphatic heterocycles. The number of anilines is 1. The Kier molecular flexibility index (Phi) is 6.16. The molecule has 0 radical (unpaired) electrons. The first-order chi connectivity index (χ1) is 15.9. The molecule has 2 amide bonds. The zero-order chi connectivity index (χ0) is 23.4. The number of hydrogen-bond donors (Lipinski definition) is 3. The van der Waals surface area contributed by atoms with Crippen LogP contribution in [0, 0.1) is 17.0 Å². The number of aryl methyl sites for hydroxylation is 1. The van der Waals surface area contributed by atoms with Crippen molar-refractivity contribution in [2.75, 3.05) is 5.43 Å². The van der Waals surface area contributed by atoms with Gasteiger partial charge in [0.2, 0.25) is 0 Å². The third-order valence-corrected chi connectivity index (χ3v) is 5.26. The summed E-state index contributed by atoms with van der Waals surface area (Å²) in [5.74, 6) is -0.0811. The second-order valence-corrected chi connectivity index (χ2v) is 7.46. The molecule has 168 valence electrons. The van der Waals surface area contributed by atoms with Crippen LogP contribution in [-0.4, -0.2) is 22.4 Å². The van der Waals surface area contributed by atoms with Crippen LogP contribution >= 0.6 is 0 Å². The zero-order valence-electron chi connectivity index (χ0n) is 17.8. The van der Waals surface area contributed by atoms with E-state index in [0.29, 0.717) is 29.9 Å². The number of non-ortho nitro benzene ring substituents is 1. The number of para-hydroxylation sites is 1. The third-order valence-electron chi connectivity index (χ3n) is 5.26. The van der Waals surface area contributed by atoms with Crippen LogP contribution in [0.25, 0.3) is 0 Å². The maximum Gasteiger partial charge on any atom is 0.305 e. The van der Waals surface area contributed by atoms with E-state index in [1.165, 1.54) is 24.3 Å². The lowest BCUT2D eigenvalue weighted by atomic mass is 9.93. The van der Waals surface area contributed by atoms with Gasteiger partial charge in [0.05, 0.1) is 16.3 Å². The highest BCUT2D eigenvalue weighted by Gasteiger charge is 2.28. The van der Waals surface area contributed by atoms with E-state index in [0.717, 1.165) is 17.7 Å². The molecule has 33 heavy (non-hydrogen) atoms. The Labute approximate surface area is 188 Å². The van der Waals surface area contributed by atoms with Crippen molar-refractivity contribution in [3.63, 3.8) is 0 Å². The number of hydrazone groups is 1. The molecule has 1 aromatic heterocycles. The first-order valence-electron chi connectivity index (χ1n) is 10.3. The van der Waals surface area contributed by atoms with Crippen LogP contribution in [0.2, 0.25) is 0 Å². The number of carbonyl (C=O) groups is 2. The van der Waals surface area contributed by atoms with Crippen molar-refractivity contribution in [2.24, 2.45) is 5.10 Å². The normalized spacial score (nSPS) is 13.8. The predicted octanol–water partition coefficient (Wildman–Crippen LogP) is 3.72. The number of rotatable bonds is 6. The second-order valence-electron chi connectivity index (χ2n) is 7.46. The van der Waals surface area contributed by atoms with Gasteiger partial charge in [-0.2, -0.15) is 5.10 Å². The average Bonchev–Trinajstić information content (AvgIpc) is 3.18. The van der Waals surface area contributed by atoms with Gasteiger partial charge >= 0.3 is 5.91 Å². The van der Waals surface area contributed by atoms with Crippen molar-refractivity contribution in [3.8, 4) is 0 Å². The van der Waals surface area contributed by atoms with E-state index >= 15 is 0 Å². The minimum Gasteiger partial charge on any atom is -0.455 e. The van der Waals surface area contributed by atoms with Crippen molar-refractivity contribution >= 4 is 28.9 Å². The van der Waals surface area contributed by atoms with Crippen LogP contribution < -0.4 is 16.3 Å². The van der Waals surface area contributed by atoms with Crippen LogP contribution in [0.1, 0.15) is 50.6 Å². The summed E-state index contributed by atoms with van der Waals surface area (Å²) < 4.78 is 5.83. The number of nitrogens with zero attached hydrogens (tertiary/aromatic N) is 2. The van der Waals surface area contributed by atoms with Gasteiger partial charge in [-0.05, 0) is 44.0 Å². The van der Waals surface area contributed by atoms with Crippen molar-refractivity contribution in [2.45, 2.75) is 26.2 Å². The van der Waals surface area contributed by atoms with Crippen LogP contribution in [0.15, 0.2) is 64.1 Å². The molecular weight excluding hydrogens is 426 g/mol. The largest absolute Gasteiger partial charge is 0.455 e. The van der Waals surface area contributed by atoms with E-state index in [1.54, 1.807) is 6.92 Å². The zero-order valence-corrected chi connectivity index (χ0v) is 17.8. The topological polar surface area (TPSA) is 139 Å². The number of fused-ring (bicyclic) bond motifs is 1. The summed E-state index contributed by atoms with van der Waals surface area (Å²) in [6.07, 6.45) is 2.03. The molecule has 0 atom stereocenters. The lowest BCUT2D eigenvalue weighted by Crippen LogP contribution is -2.29. The van der Waals surface area contributed by atoms with Crippen molar-refractivity contribution < 1.29 is 18.9 Å². The summed E-state index contributed by atoms with van der Waals surface area (Å²) in [4.78, 5) is 35.3. The fourth-order valence-electron chi connectivity index (χ4n) is 3.62. The Morgan fingerprint density at radius 3 is 2.45 bits per heavy atom. The molecule has 1 aliphatic rings. The van der Waals surface area contributed by atoms with E-state index in [2.05, 4.69) is 21.4 Å². The first-order valence-corrected chi connectivity index (χ1v) is 10.3. The standard InChI is InChI=1S/C23H21N5O5/c1-14-20-18(25-26-22(29)15-10-12-17(13-11-15)28(31)32)8-5-9-19(20)33-21(14)23(30)27-24-16-6-3-2-4-7-16/h2-4,6-7,10-13,24H,5,8-9H2,1H3,(H,26,29)(H,27,30)/b25-18+. The molecule has 2 aromatic carbocycles. The summed E-state index contributed by atoms with van der Waals surface area (Å²) in [6, 6.07) is 14.5. The van der Waals surface area contributed by atoms with Gasteiger partial charge in [-0.3, -0.25) is 30.6 Å². The Hall–Kier alpha value is -4.47. The van der Waals surface area contributed by atoms with Crippen LogP contribution in [0.4, 0.5) is 11.4 Å². The van der Waals surface area contributed by atoms with Gasteiger partial charge in [-0.1, -0.05) is 18.2 Å². The Morgan fingerprint density at radius 1 is 1.03 bits per heavy atom. The molecule has 0 fully saturated rings. The number of hydrogen-bond acceptors (Lipinski definition) is 7. The SMILES string of the molecule is Cc1c(C(=O)NNc2ccccc2)oc2c1/C(=N/NC(=O)c1ccc([N+](=O)[O-])cc1)CCC2. The predicted molar refractivity (Wildman–Crippen MR) is 121 cm³/mol. The van der Waals surface area contributed by atoms with E-state index < -0.39 is 16.7 Å². The van der Waals surface area contributed by atoms with E-state index in [-0.39, 0.29) is 17.0 Å². The summed E-state index contributed by atoms with van der Waals surface area (Å²) in [7, 11) is 0. The summed E-state index contributed by atoms with van der Waals surface area (Å²) >= 11 is 0. The Bertz CT molecular complexity index is 1230. The highest BCUT2D eigenvalue weighted by molar-refractivity contribution is 6.07. The molecule has 0 unspecified atom stereocenters. The molecule has 10 heteroatoms. The quantitative estimate of drug-likeness (QED) is 0.389. The monoisotopic (exact) mass is 447 g/mol. The van der Waals surface area contributed by atoms with Gasteiger partial charge in [0, 0.05) is 35.2 Å². The fraction of sp³-hybridized carbons (Fsp3) is 0.174. The average molecular weight is 447 g/mol. The summed E-state index contributed by atoms with van der Waals surface area (Å²) in [6.45, 7) is 1.78. The molecule has 0 saturated carbocycles. The Balaban J connectivity index is 1.49. The lowest BCUT2D eigenvalue weighted by Gasteiger charge is -2.13. The number of hydrazine groups is 1. The van der Waals surface area contributed by atoms with E-state index in [1.807, 2.05) is 30.3 Å². The number of nitro benzene ring substituents is 1. The number of nitro groups is 1. The number of furan rings is 1. The molecule has 1 aliphatic carbocycles. The third kappa shape index (κ3) is 4.74. The molecule has 1 heterocycles. The fourth-order valence-corrected chi connectivity index (χ4v) is 3.62. The van der Waals surface area contributed by atoms with Crippen molar-refractivity contribution in [1.82, 2.24) is 10.9 Å². The second kappa shape index (κ2) is 9.35. The van der Waals surface area contributed by atoms with Gasteiger partial charge in [-0.15, -0.1) is 0 Å². The van der Waals surface area contributed by atoms with Crippen LogP contribution in [-0.2, 0) is 6.42 Å². The lowest BCUT2D eigenvalue weighted by molar-refractivity contribution is -0.384. The van der Waals surface area contributed by atoms with E-state index in [9.17, 15) is 19.7 Å². The van der Waals surface area contributed by atoms with Gasteiger partial charge in [-0.25, -0.2) is 5.43 Å². The van der Waals surface area contributed by atoms with Gasteiger partial charge in [0.15, 0.2) is 5.76 Å². The molecule has 10 nitrogen and oxygen atoms in total. The van der Waals surface area contributed by atoms with E-state index in [4.69, 9.17) is 4.42 Å². The maximum atomic E-state index is 12.7. The molecular formula is C23H21N5O5.